The van der Waals surface area contributed by atoms with Gasteiger partial charge in [0, 0.05) is 25.4 Å². The van der Waals surface area contributed by atoms with Gasteiger partial charge in [-0.15, -0.1) is 0 Å². The molecule has 0 radical (unpaired) electrons. The van der Waals surface area contributed by atoms with Crippen LogP contribution in [0.1, 0.15) is 19.3 Å². The third kappa shape index (κ3) is 2.79. The van der Waals surface area contributed by atoms with Crippen LogP contribution < -0.4 is 10.6 Å². The fourth-order valence-electron chi connectivity index (χ4n) is 2.79. The van der Waals surface area contributed by atoms with Crippen LogP contribution in [0.15, 0.2) is 12.3 Å². The fourth-order valence-corrected chi connectivity index (χ4v) is 2.94. The summed E-state index contributed by atoms with van der Waals surface area (Å²) in [6.07, 6.45) is 4.58. The van der Waals surface area contributed by atoms with E-state index in [1.165, 1.54) is 12.3 Å². The number of rotatable bonds is 4. The summed E-state index contributed by atoms with van der Waals surface area (Å²) in [5.41, 5.74) is 5.70. The lowest BCUT2D eigenvalue weighted by atomic mass is 10.0. The van der Waals surface area contributed by atoms with Crippen molar-refractivity contribution in [3.63, 3.8) is 0 Å². The van der Waals surface area contributed by atoms with Gasteiger partial charge in [0.2, 0.25) is 5.82 Å². The van der Waals surface area contributed by atoms with E-state index in [0.717, 1.165) is 19.3 Å². The van der Waals surface area contributed by atoms with Gasteiger partial charge in [-0.2, -0.15) is 0 Å². The van der Waals surface area contributed by atoms with Crippen molar-refractivity contribution in [1.82, 2.24) is 4.98 Å². The number of pyridine rings is 1. The Morgan fingerprint density at radius 1 is 1.63 bits per heavy atom. The maximum absolute atomic E-state index is 11.1. The van der Waals surface area contributed by atoms with E-state index in [1.807, 2.05) is 11.9 Å². The van der Waals surface area contributed by atoms with Gasteiger partial charge < -0.3 is 10.6 Å². The van der Waals surface area contributed by atoms with Crippen molar-refractivity contribution in [1.29, 1.82) is 0 Å². The van der Waals surface area contributed by atoms with E-state index in [-0.39, 0.29) is 16.8 Å². The smallest absolute Gasteiger partial charge is 0.313 e. The molecule has 1 saturated carbocycles. The minimum atomic E-state index is -0.447. The van der Waals surface area contributed by atoms with Crippen LogP contribution in [0.4, 0.5) is 11.5 Å². The second-order valence-corrected chi connectivity index (χ2v) is 5.29. The SMILES string of the molecule is CN(c1ncc(Cl)cc1[N+](=O)[O-])C1CCCC1CN. The number of nitrogens with two attached hydrogens (primary N) is 1. The van der Waals surface area contributed by atoms with Gasteiger partial charge in [0.1, 0.15) is 0 Å². The lowest BCUT2D eigenvalue weighted by Crippen LogP contribution is -2.38. The average Bonchev–Trinajstić information content (AvgIpc) is 2.86. The summed E-state index contributed by atoms with van der Waals surface area (Å²) in [6, 6.07) is 1.55. The molecular weight excluding hydrogens is 268 g/mol. The van der Waals surface area contributed by atoms with Gasteiger partial charge >= 0.3 is 5.69 Å². The molecule has 1 fully saturated rings. The first-order chi connectivity index (χ1) is 9.04. The minimum absolute atomic E-state index is 0.0577. The van der Waals surface area contributed by atoms with Gasteiger partial charge in [-0.3, -0.25) is 10.1 Å². The molecule has 19 heavy (non-hydrogen) atoms. The van der Waals surface area contributed by atoms with Gasteiger partial charge in [0.25, 0.3) is 0 Å². The highest BCUT2D eigenvalue weighted by molar-refractivity contribution is 6.30. The van der Waals surface area contributed by atoms with Crippen LogP contribution in [0.2, 0.25) is 5.02 Å². The maximum Gasteiger partial charge on any atom is 0.313 e. The van der Waals surface area contributed by atoms with Crippen LogP contribution in [0, 0.1) is 16.0 Å². The number of nitro groups is 1. The fraction of sp³-hybridized carbons (Fsp3) is 0.583. The number of anilines is 1. The first-order valence-electron chi connectivity index (χ1n) is 6.27. The summed E-state index contributed by atoms with van der Waals surface area (Å²) in [7, 11) is 1.84. The van der Waals surface area contributed by atoms with Crippen molar-refractivity contribution < 1.29 is 4.92 Å². The van der Waals surface area contributed by atoms with E-state index in [2.05, 4.69) is 4.98 Å². The van der Waals surface area contributed by atoms with Crippen molar-refractivity contribution in [2.45, 2.75) is 25.3 Å². The molecule has 0 spiro atoms. The number of halogens is 1. The molecule has 2 N–H and O–H groups in total. The normalized spacial score (nSPS) is 22.5. The van der Waals surface area contributed by atoms with Crippen molar-refractivity contribution in [2.24, 2.45) is 11.7 Å². The van der Waals surface area contributed by atoms with Crippen LogP contribution in [0.5, 0.6) is 0 Å². The highest BCUT2D eigenvalue weighted by Gasteiger charge is 2.33. The Bertz CT molecular complexity index is 483. The molecule has 0 saturated heterocycles. The standard InChI is InChI=1S/C12H17ClN4O2/c1-16(10-4-2-3-8(10)6-14)12-11(17(18)19)5-9(13)7-15-12/h5,7-8,10H,2-4,6,14H2,1H3. The quantitative estimate of drug-likeness (QED) is 0.677. The highest BCUT2D eigenvalue weighted by atomic mass is 35.5. The van der Waals surface area contributed by atoms with Gasteiger partial charge in [-0.25, -0.2) is 4.98 Å². The maximum atomic E-state index is 11.1. The summed E-state index contributed by atoms with van der Waals surface area (Å²) in [4.78, 5) is 16.7. The molecule has 6 nitrogen and oxygen atoms in total. The second-order valence-electron chi connectivity index (χ2n) is 4.86. The Kier molecular flexibility index (Phi) is 4.21. The van der Waals surface area contributed by atoms with Crippen LogP contribution in [-0.2, 0) is 0 Å². The van der Waals surface area contributed by atoms with Crippen molar-refractivity contribution >= 4 is 23.1 Å². The zero-order valence-corrected chi connectivity index (χ0v) is 11.5. The van der Waals surface area contributed by atoms with Gasteiger partial charge in [-0.05, 0) is 25.3 Å². The molecule has 1 aromatic rings. The third-order valence-electron chi connectivity index (χ3n) is 3.76. The molecule has 2 rings (SSSR count). The molecule has 1 aromatic heterocycles. The molecular formula is C12H17ClN4O2. The van der Waals surface area contributed by atoms with Crippen LogP contribution in [0.25, 0.3) is 0 Å². The highest BCUT2D eigenvalue weighted by Crippen LogP contribution is 2.35. The molecule has 7 heteroatoms. The lowest BCUT2D eigenvalue weighted by Gasteiger charge is -2.29. The average molecular weight is 285 g/mol. The van der Waals surface area contributed by atoms with E-state index < -0.39 is 4.92 Å². The van der Waals surface area contributed by atoms with E-state index in [9.17, 15) is 10.1 Å². The van der Waals surface area contributed by atoms with Crippen LogP contribution >= 0.6 is 11.6 Å². The molecule has 2 unspecified atom stereocenters. The molecule has 104 valence electrons. The summed E-state index contributed by atoms with van der Waals surface area (Å²) >= 11 is 5.78. The van der Waals surface area contributed by atoms with Gasteiger partial charge in [-0.1, -0.05) is 18.0 Å². The molecule has 1 heterocycles. The van der Waals surface area contributed by atoms with Gasteiger partial charge in [0.15, 0.2) is 0 Å². The molecule has 0 aliphatic heterocycles. The first kappa shape index (κ1) is 14.0. The van der Waals surface area contributed by atoms with Crippen molar-refractivity contribution in [3.8, 4) is 0 Å². The van der Waals surface area contributed by atoms with E-state index in [4.69, 9.17) is 17.3 Å². The molecule has 1 aliphatic rings. The zero-order chi connectivity index (χ0) is 14.0. The van der Waals surface area contributed by atoms with Crippen molar-refractivity contribution in [2.75, 3.05) is 18.5 Å². The minimum Gasteiger partial charge on any atom is -0.351 e. The van der Waals surface area contributed by atoms with Crippen molar-refractivity contribution in [3.05, 3.63) is 27.4 Å². The van der Waals surface area contributed by atoms with Crippen LogP contribution in [-0.4, -0.2) is 29.5 Å². The lowest BCUT2D eigenvalue weighted by molar-refractivity contribution is -0.384. The molecule has 2 atom stereocenters. The molecule has 0 amide bonds. The Morgan fingerprint density at radius 2 is 2.37 bits per heavy atom. The second kappa shape index (κ2) is 5.71. The van der Waals surface area contributed by atoms with E-state index in [0.29, 0.717) is 18.3 Å². The Morgan fingerprint density at radius 3 is 3.00 bits per heavy atom. The molecule has 0 bridgehead atoms. The van der Waals surface area contributed by atoms with Crippen LogP contribution in [0.3, 0.4) is 0 Å². The third-order valence-corrected chi connectivity index (χ3v) is 3.97. The summed E-state index contributed by atoms with van der Waals surface area (Å²) < 4.78 is 0. The monoisotopic (exact) mass is 284 g/mol. The largest absolute Gasteiger partial charge is 0.351 e. The van der Waals surface area contributed by atoms with Gasteiger partial charge in [0.05, 0.1) is 9.95 Å². The number of hydrogen-bond acceptors (Lipinski definition) is 5. The number of hydrogen-bond donors (Lipinski definition) is 1. The Balaban J connectivity index is 2.33. The molecule has 0 aromatic carbocycles. The van der Waals surface area contributed by atoms with E-state index in [1.54, 1.807) is 0 Å². The topological polar surface area (TPSA) is 85.3 Å². The summed E-state index contributed by atoms with van der Waals surface area (Å²) in [5.74, 6) is 0.724. The summed E-state index contributed by atoms with van der Waals surface area (Å²) in [6.45, 7) is 0.594. The number of aromatic nitrogens is 1. The van der Waals surface area contributed by atoms with E-state index >= 15 is 0 Å². The first-order valence-corrected chi connectivity index (χ1v) is 6.65. The Hall–Kier alpha value is -1.40. The zero-order valence-electron chi connectivity index (χ0n) is 10.8. The predicted molar refractivity (Wildman–Crippen MR) is 74.5 cm³/mol. The molecule has 1 aliphatic carbocycles. The number of nitrogens with zero attached hydrogens (tertiary/aromatic N) is 3. The Labute approximate surface area is 116 Å². The predicted octanol–water partition coefficient (Wildman–Crippen LogP) is 2.21. The summed E-state index contributed by atoms with van der Waals surface area (Å²) in [5, 5.41) is 11.4.